The lowest BCUT2D eigenvalue weighted by atomic mass is 10.2. The van der Waals surface area contributed by atoms with Crippen molar-refractivity contribution >= 4 is 22.1 Å². The lowest BCUT2D eigenvalue weighted by Gasteiger charge is -2.05. The number of nitrogens with zero attached hydrogens (tertiary/aromatic N) is 4. The first-order chi connectivity index (χ1) is 12.0. The molecular formula is C15H19N5O4S. The number of carbonyl (C=O) groups is 1. The van der Waals surface area contributed by atoms with E-state index in [1.165, 1.54) is 10.8 Å². The molecule has 1 heterocycles. The molecule has 1 aromatic carbocycles. The number of aryl methyl sites for hydroxylation is 1. The van der Waals surface area contributed by atoms with Gasteiger partial charge in [0, 0.05) is 12.0 Å². The monoisotopic (exact) mass is 365 g/mol. The molecule has 0 aliphatic heterocycles. The van der Waals surface area contributed by atoms with E-state index in [2.05, 4.69) is 20.2 Å². The van der Waals surface area contributed by atoms with Gasteiger partial charge < -0.3 is 4.74 Å². The van der Waals surface area contributed by atoms with Crippen molar-refractivity contribution in [1.82, 2.24) is 24.9 Å². The molecule has 0 spiro atoms. The van der Waals surface area contributed by atoms with Crippen LogP contribution in [0, 0.1) is 0 Å². The molecule has 10 heteroatoms. The molecule has 0 saturated carbocycles. The number of rotatable bonds is 9. The number of nitrogens with one attached hydrogen (secondary N) is 1. The van der Waals surface area contributed by atoms with Gasteiger partial charge >= 0.3 is 5.97 Å². The van der Waals surface area contributed by atoms with E-state index in [9.17, 15) is 13.2 Å². The van der Waals surface area contributed by atoms with Crippen LogP contribution in [0.5, 0.6) is 0 Å². The molecule has 0 unspecified atom stereocenters. The van der Waals surface area contributed by atoms with Gasteiger partial charge in [-0.15, -0.1) is 5.10 Å². The average Bonchev–Trinajstić information content (AvgIpc) is 3.05. The van der Waals surface area contributed by atoms with Crippen LogP contribution in [0.1, 0.15) is 24.7 Å². The van der Waals surface area contributed by atoms with Crippen molar-refractivity contribution in [2.75, 3.05) is 6.54 Å². The van der Waals surface area contributed by atoms with Gasteiger partial charge in [0.2, 0.25) is 10.0 Å². The summed E-state index contributed by atoms with van der Waals surface area (Å²) in [6.45, 7) is 1.98. The SMILES string of the molecule is CCCn1nnnc1COC(=O)CNS(=O)(=O)/C=C/c1ccccc1. The fourth-order valence-corrected chi connectivity index (χ4v) is 2.60. The molecular weight excluding hydrogens is 346 g/mol. The molecule has 134 valence electrons. The Morgan fingerprint density at radius 1 is 1.32 bits per heavy atom. The molecule has 0 aliphatic carbocycles. The Kier molecular flexibility index (Phi) is 6.78. The molecule has 0 fully saturated rings. The highest BCUT2D eigenvalue weighted by Gasteiger charge is 2.12. The Bertz CT molecular complexity index is 817. The number of hydrogen-bond acceptors (Lipinski definition) is 7. The Morgan fingerprint density at radius 3 is 2.80 bits per heavy atom. The first kappa shape index (κ1) is 18.7. The Hall–Kier alpha value is -2.59. The van der Waals surface area contributed by atoms with Crippen LogP contribution in [0.15, 0.2) is 35.7 Å². The lowest BCUT2D eigenvalue weighted by Crippen LogP contribution is -2.29. The average molecular weight is 365 g/mol. The molecule has 0 radical (unpaired) electrons. The second kappa shape index (κ2) is 9.04. The van der Waals surface area contributed by atoms with Crippen LogP contribution in [0.4, 0.5) is 0 Å². The van der Waals surface area contributed by atoms with Gasteiger partial charge in [-0.3, -0.25) is 4.79 Å². The minimum absolute atomic E-state index is 0.118. The van der Waals surface area contributed by atoms with E-state index in [4.69, 9.17) is 4.74 Å². The molecule has 0 atom stereocenters. The predicted molar refractivity (Wildman–Crippen MR) is 90.3 cm³/mol. The molecule has 1 N–H and O–H groups in total. The zero-order valence-corrected chi connectivity index (χ0v) is 14.5. The largest absolute Gasteiger partial charge is 0.456 e. The summed E-state index contributed by atoms with van der Waals surface area (Å²) in [7, 11) is -3.74. The van der Waals surface area contributed by atoms with E-state index in [0.29, 0.717) is 12.4 Å². The van der Waals surface area contributed by atoms with Gasteiger partial charge in [0.1, 0.15) is 6.54 Å². The number of carbonyl (C=O) groups excluding carboxylic acids is 1. The number of tetrazole rings is 1. The van der Waals surface area contributed by atoms with Crippen molar-refractivity contribution in [3.63, 3.8) is 0 Å². The minimum Gasteiger partial charge on any atom is -0.456 e. The Labute approximate surface area is 145 Å². The fraction of sp³-hybridized carbons (Fsp3) is 0.333. The van der Waals surface area contributed by atoms with Gasteiger partial charge in [-0.05, 0) is 28.5 Å². The highest BCUT2D eigenvalue weighted by Crippen LogP contribution is 2.03. The minimum atomic E-state index is -3.74. The van der Waals surface area contributed by atoms with E-state index in [1.807, 2.05) is 13.0 Å². The maximum Gasteiger partial charge on any atom is 0.321 e. The van der Waals surface area contributed by atoms with Crippen molar-refractivity contribution < 1.29 is 17.9 Å². The van der Waals surface area contributed by atoms with E-state index < -0.39 is 22.5 Å². The molecule has 0 saturated heterocycles. The summed E-state index contributed by atoms with van der Waals surface area (Å²) in [6, 6.07) is 8.95. The second-order valence-electron chi connectivity index (χ2n) is 5.06. The second-order valence-corrected chi connectivity index (χ2v) is 6.71. The number of aromatic nitrogens is 4. The van der Waals surface area contributed by atoms with Crippen LogP contribution in [-0.2, 0) is 32.7 Å². The lowest BCUT2D eigenvalue weighted by molar-refractivity contribution is -0.143. The summed E-state index contributed by atoms with van der Waals surface area (Å²) in [4.78, 5) is 11.7. The zero-order valence-electron chi connectivity index (χ0n) is 13.7. The van der Waals surface area contributed by atoms with E-state index in [0.717, 1.165) is 17.4 Å². The normalized spacial score (nSPS) is 11.7. The van der Waals surface area contributed by atoms with Crippen LogP contribution in [0.2, 0.25) is 0 Å². The summed E-state index contributed by atoms with van der Waals surface area (Å²) in [5.41, 5.74) is 0.734. The van der Waals surface area contributed by atoms with Crippen LogP contribution >= 0.6 is 0 Å². The topological polar surface area (TPSA) is 116 Å². The van der Waals surface area contributed by atoms with Gasteiger partial charge in [0.15, 0.2) is 12.4 Å². The first-order valence-corrected chi connectivity index (χ1v) is 9.18. The number of hydrogen-bond donors (Lipinski definition) is 1. The molecule has 0 aliphatic rings. The molecule has 2 aromatic rings. The quantitative estimate of drug-likeness (QED) is 0.651. The fourth-order valence-electron chi connectivity index (χ4n) is 1.85. The van der Waals surface area contributed by atoms with Gasteiger partial charge in [-0.1, -0.05) is 37.3 Å². The van der Waals surface area contributed by atoms with Crippen molar-refractivity contribution in [2.45, 2.75) is 26.5 Å². The number of esters is 1. The van der Waals surface area contributed by atoms with Crippen molar-refractivity contribution in [1.29, 1.82) is 0 Å². The van der Waals surface area contributed by atoms with Crippen LogP contribution in [-0.4, -0.2) is 41.1 Å². The van der Waals surface area contributed by atoms with E-state index >= 15 is 0 Å². The molecule has 0 amide bonds. The van der Waals surface area contributed by atoms with Crippen molar-refractivity contribution in [3.05, 3.63) is 47.1 Å². The number of benzene rings is 1. The zero-order chi connectivity index (χ0) is 18.1. The van der Waals surface area contributed by atoms with Gasteiger partial charge in [-0.2, -0.15) is 0 Å². The Balaban J connectivity index is 1.80. The Morgan fingerprint density at radius 2 is 2.08 bits per heavy atom. The molecule has 0 bridgehead atoms. The first-order valence-electron chi connectivity index (χ1n) is 7.63. The van der Waals surface area contributed by atoms with Crippen LogP contribution in [0.3, 0.4) is 0 Å². The highest BCUT2D eigenvalue weighted by atomic mass is 32.2. The van der Waals surface area contributed by atoms with Gasteiger partial charge in [0.05, 0.1) is 0 Å². The summed E-state index contributed by atoms with van der Waals surface area (Å²) in [6.07, 6.45) is 2.27. The third-order valence-electron chi connectivity index (χ3n) is 3.06. The third-order valence-corrected chi connectivity index (χ3v) is 4.10. The van der Waals surface area contributed by atoms with Crippen LogP contribution in [0.25, 0.3) is 6.08 Å². The number of ether oxygens (including phenoxy) is 1. The summed E-state index contributed by atoms with van der Waals surface area (Å²) >= 11 is 0. The molecule has 2 rings (SSSR count). The molecule has 25 heavy (non-hydrogen) atoms. The third kappa shape index (κ3) is 6.43. The van der Waals surface area contributed by atoms with Crippen molar-refractivity contribution in [3.8, 4) is 0 Å². The maximum absolute atomic E-state index is 11.8. The number of sulfonamides is 1. The maximum atomic E-state index is 11.8. The van der Waals surface area contributed by atoms with E-state index in [1.54, 1.807) is 24.3 Å². The highest BCUT2D eigenvalue weighted by molar-refractivity contribution is 7.92. The van der Waals surface area contributed by atoms with Gasteiger partial charge in [-0.25, -0.2) is 17.8 Å². The summed E-state index contributed by atoms with van der Waals surface area (Å²) < 4.78 is 32.3. The smallest absolute Gasteiger partial charge is 0.321 e. The van der Waals surface area contributed by atoms with Crippen LogP contribution < -0.4 is 4.72 Å². The molecule has 1 aromatic heterocycles. The standard InChI is InChI=1S/C15H19N5O4S/c1-2-9-20-14(17-18-19-20)12-24-15(21)11-16-25(22,23)10-8-13-6-4-3-5-7-13/h3-8,10,16H,2,9,11-12H2,1H3/b10-8+. The van der Waals surface area contributed by atoms with Gasteiger partial charge in [0.25, 0.3) is 0 Å². The summed E-state index contributed by atoms with van der Waals surface area (Å²) in [5.74, 6) is -0.315. The predicted octanol–water partition coefficient (Wildman–Crippen LogP) is 0.717. The molecule has 9 nitrogen and oxygen atoms in total. The van der Waals surface area contributed by atoms with E-state index in [-0.39, 0.29) is 6.61 Å². The summed E-state index contributed by atoms with van der Waals surface area (Å²) in [5, 5.41) is 12.0. The van der Waals surface area contributed by atoms with Crippen molar-refractivity contribution in [2.24, 2.45) is 0 Å².